The van der Waals surface area contributed by atoms with Crippen molar-refractivity contribution in [3.63, 3.8) is 0 Å². The van der Waals surface area contributed by atoms with Gasteiger partial charge in [0.05, 0.1) is 22.4 Å². The molecule has 5 rings (SSSR count). The van der Waals surface area contributed by atoms with Gasteiger partial charge in [0.2, 0.25) is 0 Å². The third kappa shape index (κ3) is 5.81. The van der Waals surface area contributed by atoms with E-state index in [0.717, 1.165) is 38.3 Å². The lowest BCUT2D eigenvalue weighted by Crippen LogP contribution is -2.08. The first-order valence-electron chi connectivity index (χ1n) is 12.2. The number of aromatic carboxylic acids is 1. The van der Waals surface area contributed by atoms with Gasteiger partial charge in [0.1, 0.15) is 5.75 Å². The molecule has 0 saturated carbocycles. The lowest BCUT2D eigenvalue weighted by molar-refractivity contribution is 0.0697. The molecule has 5 nitrogen and oxygen atoms in total. The number of hydrogen-bond donors (Lipinski definition) is 2. The van der Waals surface area contributed by atoms with Gasteiger partial charge in [-0.25, -0.2) is 9.78 Å². The largest absolute Gasteiger partial charge is 0.493 e. The van der Waals surface area contributed by atoms with Crippen molar-refractivity contribution in [3.8, 4) is 5.75 Å². The van der Waals surface area contributed by atoms with Crippen LogP contribution < -0.4 is 10.1 Å². The van der Waals surface area contributed by atoms with E-state index in [1.807, 2.05) is 36.4 Å². The third-order valence-corrected chi connectivity index (χ3v) is 7.41. The van der Waals surface area contributed by atoms with E-state index in [9.17, 15) is 9.90 Å². The predicted octanol–water partition coefficient (Wildman–Crippen LogP) is 7.73. The Morgan fingerprint density at radius 3 is 2.57 bits per heavy atom. The number of aromatic nitrogens is 1. The summed E-state index contributed by atoms with van der Waals surface area (Å²) in [4.78, 5) is 16.0. The molecule has 6 heteroatoms. The van der Waals surface area contributed by atoms with Crippen molar-refractivity contribution in [2.45, 2.75) is 20.3 Å². The highest BCUT2D eigenvalue weighted by molar-refractivity contribution is 7.22. The Hall–Kier alpha value is -4.16. The van der Waals surface area contributed by atoms with Crippen molar-refractivity contribution in [2.75, 3.05) is 18.5 Å². The number of nitrogens with zero attached hydrogens (tertiary/aromatic N) is 1. The minimum atomic E-state index is -0.929. The Balaban J connectivity index is 1.34. The summed E-state index contributed by atoms with van der Waals surface area (Å²) in [5.41, 5.74) is 5.86. The molecule has 37 heavy (non-hydrogen) atoms. The van der Waals surface area contributed by atoms with Crippen LogP contribution in [0.2, 0.25) is 0 Å². The van der Waals surface area contributed by atoms with Gasteiger partial charge in [-0.15, -0.1) is 0 Å². The molecule has 4 aromatic carbocycles. The van der Waals surface area contributed by atoms with E-state index in [1.54, 1.807) is 23.5 Å². The van der Waals surface area contributed by atoms with Crippen LogP contribution >= 0.6 is 11.3 Å². The number of thiazole rings is 1. The minimum absolute atomic E-state index is 0.274. The molecule has 0 saturated heterocycles. The predicted molar refractivity (Wildman–Crippen MR) is 153 cm³/mol. The summed E-state index contributed by atoms with van der Waals surface area (Å²) >= 11 is 1.65. The first-order chi connectivity index (χ1) is 18.0. The standard InChI is InChI=1S/C31H28N2O3S/c1-20-16-27-29(17-21(20)2)37-31(33-27)32-19-23(18-22-10-12-25(13-11-22)30(34)35)14-15-36-28-9-5-7-24-6-3-4-8-26(24)28/h3-13,16-18H,14-15,19H2,1-2H3,(H,32,33)(H,34,35). The Morgan fingerprint density at radius 1 is 1.00 bits per heavy atom. The van der Waals surface area contributed by atoms with E-state index in [2.05, 4.69) is 55.6 Å². The lowest BCUT2D eigenvalue weighted by atomic mass is 10.1. The molecule has 2 N–H and O–H groups in total. The van der Waals surface area contributed by atoms with Gasteiger partial charge in [-0.2, -0.15) is 0 Å². The van der Waals surface area contributed by atoms with Gasteiger partial charge in [-0.3, -0.25) is 0 Å². The molecular weight excluding hydrogens is 480 g/mol. The van der Waals surface area contributed by atoms with Gasteiger partial charge in [0, 0.05) is 18.4 Å². The van der Waals surface area contributed by atoms with Crippen molar-refractivity contribution in [2.24, 2.45) is 0 Å². The van der Waals surface area contributed by atoms with Gasteiger partial charge in [0.15, 0.2) is 5.13 Å². The number of carboxylic acids is 1. The Bertz CT molecular complexity index is 1560. The molecule has 0 atom stereocenters. The van der Waals surface area contributed by atoms with Gasteiger partial charge in [0.25, 0.3) is 0 Å². The molecule has 0 spiro atoms. The number of fused-ring (bicyclic) bond motifs is 2. The highest BCUT2D eigenvalue weighted by atomic mass is 32.1. The normalized spacial score (nSPS) is 11.7. The SMILES string of the molecule is Cc1cc2nc(NCC(=Cc3ccc(C(=O)O)cc3)CCOc3cccc4ccccc34)sc2cc1C. The summed E-state index contributed by atoms with van der Waals surface area (Å²) in [6, 6.07) is 25.5. The third-order valence-electron chi connectivity index (χ3n) is 6.43. The summed E-state index contributed by atoms with van der Waals surface area (Å²) < 4.78 is 7.37. The molecule has 0 bridgehead atoms. The molecule has 0 amide bonds. The highest BCUT2D eigenvalue weighted by Crippen LogP contribution is 2.29. The summed E-state index contributed by atoms with van der Waals surface area (Å²) in [7, 11) is 0. The zero-order valence-corrected chi connectivity index (χ0v) is 21.6. The number of anilines is 1. The fourth-order valence-electron chi connectivity index (χ4n) is 4.23. The summed E-state index contributed by atoms with van der Waals surface area (Å²) in [5, 5.41) is 15.8. The average molecular weight is 509 g/mol. The van der Waals surface area contributed by atoms with E-state index < -0.39 is 5.97 Å². The first-order valence-corrected chi connectivity index (χ1v) is 13.0. The highest BCUT2D eigenvalue weighted by Gasteiger charge is 2.09. The number of nitrogens with one attached hydrogen (secondary N) is 1. The van der Waals surface area contributed by atoms with Crippen molar-refractivity contribution >= 4 is 49.5 Å². The smallest absolute Gasteiger partial charge is 0.335 e. The molecule has 0 aliphatic rings. The van der Waals surface area contributed by atoms with E-state index >= 15 is 0 Å². The van der Waals surface area contributed by atoms with Gasteiger partial charge in [-0.1, -0.05) is 65.9 Å². The average Bonchev–Trinajstić information content (AvgIpc) is 3.29. The number of carbonyl (C=O) groups is 1. The molecule has 0 aliphatic heterocycles. The molecule has 1 aromatic heterocycles. The number of aryl methyl sites for hydroxylation is 2. The molecule has 0 unspecified atom stereocenters. The zero-order chi connectivity index (χ0) is 25.8. The second-order valence-corrected chi connectivity index (χ2v) is 10.1. The number of rotatable bonds is 9. The fraction of sp³-hybridized carbons (Fsp3) is 0.161. The molecule has 5 aromatic rings. The maximum absolute atomic E-state index is 11.2. The topological polar surface area (TPSA) is 71.5 Å². The van der Waals surface area contributed by atoms with Crippen molar-refractivity contribution < 1.29 is 14.6 Å². The Morgan fingerprint density at radius 2 is 1.76 bits per heavy atom. The zero-order valence-electron chi connectivity index (χ0n) is 20.8. The summed E-state index contributed by atoms with van der Waals surface area (Å²) in [6.07, 6.45) is 2.80. The van der Waals surface area contributed by atoms with Crippen LogP contribution in [0.3, 0.4) is 0 Å². The number of hydrogen-bond acceptors (Lipinski definition) is 5. The number of carboxylic acid groups (broad SMARTS) is 1. The van der Waals surface area contributed by atoms with Crippen molar-refractivity contribution in [3.05, 3.63) is 107 Å². The second-order valence-electron chi connectivity index (χ2n) is 9.08. The van der Waals surface area contributed by atoms with E-state index in [-0.39, 0.29) is 5.56 Å². The molecule has 0 aliphatic carbocycles. The molecule has 1 heterocycles. The first kappa shape index (κ1) is 24.5. The van der Waals surface area contributed by atoms with Crippen LogP contribution in [0, 0.1) is 13.8 Å². The number of benzene rings is 4. The van der Waals surface area contributed by atoms with Crippen molar-refractivity contribution in [1.29, 1.82) is 0 Å². The van der Waals surface area contributed by atoms with E-state index in [4.69, 9.17) is 9.72 Å². The maximum Gasteiger partial charge on any atom is 0.335 e. The monoisotopic (exact) mass is 508 g/mol. The second kappa shape index (κ2) is 10.8. The quantitative estimate of drug-likeness (QED) is 0.213. The van der Waals surface area contributed by atoms with Crippen LogP contribution in [0.1, 0.15) is 33.5 Å². The van der Waals surface area contributed by atoms with Gasteiger partial charge in [-0.05, 0) is 71.8 Å². The van der Waals surface area contributed by atoms with Crippen LogP contribution in [0.25, 0.3) is 27.1 Å². The minimum Gasteiger partial charge on any atom is -0.493 e. The van der Waals surface area contributed by atoms with Crippen molar-refractivity contribution in [1.82, 2.24) is 4.98 Å². The Labute approximate surface area is 220 Å². The molecule has 0 fully saturated rings. The van der Waals surface area contributed by atoms with E-state index in [0.29, 0.717) is 19.6 Å². The van der Waals surface area contributed by atoms with Crippen LogP contribution in [-0.2, 0) is 0 Å². The van der Waals surface area contributed by atoms with Crippen LogP contribution in [0.4, 0.5) is 5.13 Å². The summed E-state index contributed by atoms with van der Waals surface area (Å²) in [5.74, 6) is -0.0599. The summed E-state index contributed by atoms with van der Waals surface area (Å²) in [6.45, 7) is 5.35. The fourth-order valence-corrected chi connectivity index (χ4v) is 5.17. The van der Waals surface area contributed by atoms with E-state index in [1.165, 1.54) is 15.8 Å². The molecule has 186 valence electrons. The van der Waals surface area contributed by atoms with Crippen LogP contribution in [0.15, 0.2) is 84.4 Å². The van der Waals surface area contributed by atoms with Crippen LogP contribution in [-0.4, -0.2) is 29.2 Å². The molecular formula is C31H28N2O3S. The van der Waals surface area contributed by atoms with Crippen LogP contribution in [0.5, 0.6) is 5.75 Å². The number of ether oxygens (including phenoxy) is 1. The lowest BCUT2D eigenvalue weighted by Gasteiger charge is -2.12. The van der Waals surface area contributed by atoms with Gasteiger partial charge < -0.3 is 15.2 Å². The Kier molecular flexibility index (Phi) is 7.19. The molecule has 0 radical (unpaired) electrons. The van der Waals surface area contributed by atoms with Gasteiger partial charge >= 0.3 is 5.97 Å². The maximum atomic E-state index is 11.2.